The van der Waals surface area contributed by atoms with Gasteiger partial charge in [0.2, 0.25) is 0 Å². The molecule has 3 aromatic rings. The molecule has 1 N–H and O–H groups in total. The number of aromatic amines is 1. The number of nitrogens with zero attached hydrogens (tertiary/aromatic N) is 7. The molecule has 29 heavy (non-hydrogen) atoms. The highest BCUT2D eigenvalue weighted by Crippen LogP contribution is 2.17. The third-order valence-electron chi connectivity index (χ3n) is 5.27. The molecule has 0 aromatic carbocycles. The van der Waals surface area contributed by atoms with Gasteiger partial charge in [0, 0.05) is 46.5 Å². The molecule has 10 nitrogen and oxygen atoms in total. The Bertz CT molecular complexity index is 1210. The van der Waals surface area contributed by atoms with Crippen molar-refractivity contribution in [3.05, 3.63) is 33.2 Å². The van der Waals surface area contributed by atoms with Gasteiger partial charge >= 0.3 is 5.69 Å². The molecular weight excluding hydrogens is 372 g/mol. The predicted octanol–water partition coefficient (Wildman–Crippen LogP) is -0.925. The molecule has 4 heterocycles. The Morgan fingerprint density at radius 1 is 1.03 bits per heavy atom. The summed E-state index contributed by atoms with van der Waals surface area (Å²) in [4.78, 5) is 36.5. The van der Waals surface area contributed by atoms with Crippen molar-refractivity contribution in [3.8, 4) is 23.2 Å². The van der Waals surface area contributed by atoms with Crippen LogP contribution < -0.4 is 11.2 Å². The van der Waals surface area contributed by atoms with Gasteiger partial charge in [-0.1, -0.05) is 11.8 Å². The van der Waals surface area contributed by atoms with Crippen molar-refractivity contribution in [2.75, 3.05) is 39.8 Å². The Morgan fingerprint density at radius 2 is 1.76 bits per heavy atom. The largest absolute Gasteiger partial charge is 0.332 e. The zero-order chi connectivity index (χ0) is 20.5. The molecule has 1 saturated heterocycles. The number of imidazole rings is 1. The van der Waals surface area contributed by atoms with E-state index in [1.165, 1.54) is 11.6 Å². The van der Waals surface area contributed by atoms with Crippen LogP contribution in [-0.4, -0.2) is 78.5 Å². The normalized spacial score (nSPS) is 15.6. The first-order valence-corrected chi connectivity index (χ1v) is 9.49. The minimum atomic E-state index is -0.410. The highest BCUT2D eigenvalue weighted by Gasteiger charge is 2.15. The smallest absolute Gasteiger partial charge is 0.332 e. The van der Waals surface area contributed by atoms with Gasteiger partial charge in [0.1, 0.15) is 17.9 Å². The SMILES string of the molecule is CN1CCN(CC#CCn2cc(-c3nc4c([nH]3)c(=O)n(C)c(=O)n4C)cn2)CC1. The molecule has 4 rings (SSSR count). The van der Waals surface area contributed by atoms with Crippen molar-refractivity contribution in [2.24, 2.45) is 14.1 Å². The van der Waals surface area contributed by atoms with E-state index in [2.05, 4.69) is 43.8 Å². The van der Waals surface area contributed by atoms with Gasteiger partial charge in [-0.05, 0) is 7.05 Å². The number of H-pyrrole nitrogens is 1. The summed E-state index contributed by atoms with van der Waals surface area (Å²) in [5.74, 6) is 6.85. The van der Waals surface area contributed by atoms with Gasteiger partial charge in [0.25, 0.3) is 5.56 Å². The molecule has 0 bridgehead atoms. The molecule has 0 amide bonds. The Balaban J connectivity index is 1.48. The second-order valence-corrected chi connectivity index (χ2v) is 7.35. The lowest BCUT2D eigenvalue weighted by Gasteiger charge is -2.30. The van der Waals surface area contributed by atoms with Crippen molar-refractivity contribution in [2.45, 2.75) is 6.54 Å². The van der Waals surface area contributed by atoms with Crippen LogP contribution in [0.2, 0.25) is 0 Å². The molecule has 0 saturated carbocycles. The molecule has 3 aromatic heterocycles. The lowest BCUT2D eigenvalue weighted by atomic mass is 10.3. The van der Waals surface area contributed by atoms with Crippen LogP contribution in [0, 0.1) is 11.8 Å². The van der Waals surface area contributed by atoms with Gasteiger partial charge in [-0.25, -0.2) is 9.78 Å². The van der Waals surface area contributed by atoms with E-state index in [1.54, 1.807) is 17.9 Å². The van der Waals surface area contributed by atoms with Gasteiger partial charge in [-0.15, -0.1) is 0 Å². The van der Waals surface area contributed by atoms with Gasteiger partial charge in [-0.2, -0.15) is 5.10 Å². The first kappa shape index (κ1) is 19.2. The van der Waals surface area contributed by atoms with E-state index in [4.69, 9.17) is 0 Å². The molecule has 152 valence electrons. The zero-order valence-electron chi connectivity index (χ0n) is 16.8. The molecule has 0 spiro atoms. The fourth-order valence-electron chi connectivity index (χ4n) is 3.35. The maximum absolute atomic E-state index is 12.3. The maximum Gasteiger partial charge on any atom is 0.332 e. The summed E-state index contributed by atoms with van der Waals surface area (Å²) in [7, 11) is 5.18. The van der Waals surface area contributed by atoms with Crippen LogP contribution in [0.5, 0.6) is 0 Å². The predicted molar refractivity (Wildman–Crippen MR) is 110 cm³/mol. The number of likely N-dealkylation sites (N-methyl/N-ethyl adjacent to an activating group) is 1. The molecule has 0 unspecified atom stereocenters. The first-order valence-electron chi connectivity index (χ1n) is 9.49. The van der Waals surface area contributed by atoms with E-state index in [1.807, 2.05) is 6.20 Å². The summed E-state index contributed by atoms with van der Waals surface area (Å²) in [6.45, 7) is 5.50. The van der Waals surface area contributed by atoms with Crippen LogP contribution in [0.4, 0.5) is 0 Å². The van der Waals surface area contributed by atoms with E-state index in [-0.39, 0.29) is 0 Å². The van der Waals surface area contributed by atoms with Crippen molar-refractivity contribution < 1.29 is 0 Å². The Morgan fingerprint density at radius 3 is 2.52 bits per heavy atom. The van der Waals surface area contributed by atoms with Crippen LogP contribution in [-0.2, 0) is 20.6 Å². The summed E-state index contributed by atoms with van der Waals surface area (Å²) in [5, 5.41) is 4.32. The van der Waals surface area contributed by atoms with Crippen LogP contribution in [0.3, 0.4) is 0 Å². The summed E-state index contributed by atoms with van der Waals surface area (Å²) < 4.78 is 4.14. The molecule has 0 atom stereocenters. The standard InChI is InChI=1S/C19H24N8O2/c1-23-8-10-26(11-9-23)6-4-5-7-27-13-14(12-20-27)16-21-15-17(22-16)24(2)19(29)25(3)18(15)28/h12-13H,6-11H2,1-3H3,(H,21,22). The number of piperazine rings is 1. The molecule has 1 aliphatic rings. The lowest BCUT2D eigenvalue weighted by molar-refractivity contribution is 0.168. The van der Waals surface area contributed by atoms with Crippen molar-refractivity contribution >= 4 is 11.2 Å². The van der Waals surface area contributed by atoms with Crippen molar-refractivity contribution in [1.82, 2.24) is 38.7 Å². The summed E-state index contributed by atoms with van der Waals surface area (Å²) in [6.07, 6.45) is 3.49. The van der Waals surface area contributed by atoms with Crippen molar-refractivity contribution in [3.63, 3.8) is 0 Å². The molecule has 1 aliphatic heterocycles. The second-order valence-electron chi connectivity index (χ2n) is 7.35. The number of hydrogen-bond acceptors (Lipinski definition) is 6. The van der Waals surface area contributed by atoms with Crippen LogP contribution >= 0.6 is 0 Å². The van der Waals surface area contributed by atoms with Gasteiger partial charge in [0.05, 0.1) is 18.3 Å². The Kier molecular flexibility index (Phi) is 5.08. The highest BCUT2D eigenvalue weighted by molar-refractivity contribution is 5.75. The van der Waals surface area contributed by atoms with Crippen LogP contribution in [0.25, 0.3) is 22.6 Å². The molecular formula is C19H24N8O2. The first-order chi connectivity index (χ1) is 13.9. The minimum Gasteiger partial charge on any atom is -0.332 e. The zero-order valence-corrected chi connectivity index (χ0v) is 16.8. The van der Waals surface area contributed by atoms with E-state index in [0.29, 0.717) is 23.5 Å². The third kappa shape index (κ3) is 3.74. The fraction of sp³-hybridized carbons (Fsp3) is 0.474. The number of rotatable bonds is 3. The number of aromatic nitrogens is 6. The van der Waals surface area contributed by atoms with Crippen LogP contribution in [0.1, 0.15) is 0 Å². The fourth-order valence-corrected chi connectivity index (χ4v) is 3.35. The molecule has 0 radical (unpaired) electrons. The van der Waals surface area contributed by atoms with Gasteiger partial charge < -0.3 is 9.88 Å². The van der Waals surface area contributed by atoms with Gasteiger partial charge in [-0.3, -0.25) is 23.5 Å². The quantitative estimate of drug-likeness (QED) is 0.575. The second kappa shape index (κ2) is 7.69. The number of hydrogen-bond donors (Lipinski definition) is 1. The summed E-state index contributed by atoms with van der Waals surface area (Å²) in [6, 6.07) is 0. The molecule has 10 heteroatoms. The van der Waals surface area contributed by atoms with Crippen molar-refractivity contribution in [1.29, 1.82) is 0 Å². The van der Waals surface area contributed by atoms with Gasteiger partial charge in [0.15, 0.2) is 5.65 Å². The maximum atomic E-state index is 12.3. The number of nitrogens with one attached hydrogen (secondary N) is 1. The van der Waals surface area contributed by atoms with E-state index >= 15 is 0 Å². The number of fused-ring (bicyclic) bond motifs is 1. The lowest BCUT2D eigenvalue weighted by Crippen LogP contribution is -2.44. The summed E-state index contributed by atoms with van der Waals surface area (Å²) >= 11 is 0. The number of aryl methyl sites for hydroxylation is 1. The highest BCUT2D eigenvalue weighted by atomic mass is 16.2. The van der Waals surface area contributed by atoms with Crippen LogP contribution in [0.15, 0.2) is 22.0 Å². The molecule has 0 aliphatic carbocycles. The third-order valence-corrected chi connectivity index (χ3v) is 5.27. The monoisotopic (exact) mass is 396 g/mol. The van der Waals surface area contributed by atoms with E-state index in [9.17, 15) is 9.59 Å². The van der Waals surface area contributed by atoms with E-state index in [0.717, 1.165) is 42.9 Å². The Labute approximate surface area is 167 Å². The summed E-state index contributed by atoms with van der Waals surface area (Å²) in [5.41, 5.74) is 0.546. The Hall–Kier alpha value is -3.16. The minimum absolute atomic E-state index is 0.296. The average Bonchev–Trinajstić information content (AvgIpc) is 3.37. The topological polar surface area (TPSA) is 97.0 Å². The molecule has 1 fully saturated rings. The van der Waals surface area contributed by atoms with E-state index < -0.39 is 11.2 Å². The average molecular weight is 396 g/mol.